The molecule has 0 saturated carbocycles. The Labute approximate surface area is 115 Å². The summed E-state index contributed by atoms with van der Waals surface area (Å²) in [5, 5.41) is 2.87. The van der Waals surface area contributed by atoms with E-state index in [1.54, 1.807) is 6.07 Å². The molecular formula is C15H23N3O. The van der Waals surface area contributed by atoms with E-state index in [0.717, 1.165) is 25.1 Å². The number of benzene rings is 1. The van der Waals surface area contributed by atoms with Crippen LogP contribution in [0.15, 0.2) is 18.2 Å². The largest absolute Gasteiger partial charge is 0.399 e. The van der Waals surface area contributed by atoms with E-state index in [9.17, 15) is 4.79 Å². The van der Waals surface area contributed by atoms with Crippen LogP contribution < -0.4 is 16.0 Å². The Hall–Kier alpha value is -1.71. The third kappa shape index (κ3) is 2.67. The van der Waals surface area contributed by atoms with E-state index in [1.807, 2.05) is 19.1 Å². The quantitative estimate of drug-likeness (QED) is 0.821. The Kier molecular flexibility index (Phi) is 3.69. The minimum absolute atomic E-state index is 0.0276. The van der Waals surface area contributed by atoms with Crippen LogP contribution in [-0.2, 0) is 0 Å². The van der Waals surface area contributed by atoms with Crippen molar-refractivity contribution < 1.29 is 4.79 Å². The van der Waals surface area contributed by atoms with Crippen LogP contribution in [0.4, 0.5) is 11.4 Å². The SMILES string of the molecule is CCNC(=O)c1ccc(N)cc1N1CCCC1(C)C. The lowest BCUT2D eigenvalue weighted by molar-refractivity contribution is 0.0956. The number of hydrogen-bond acceptors (Lipinski definition) is 3. The van der Waals surface area contributed by atoms with Crippen LogP contribution in [0.5, 0.6) is 0 Å². The van der Waals surface area contributed by atoms with E-state index < -0.39 is 0 Å². The first-order valence-electron chi connectivity index (χ1n) is 6.91. The first kappa shape index (κ1) is 13.7. The van der Waals surface area contributed by atoms with Crippen molar-refractivity contribution in [1.82, 2.24) is 5.32 Å². The number of nitrogens with zero attached hydrogens (tertiary/aromatic N) is 1. The van der Waals surface area contributed by atoms with Crippen molar-refractivity contribution in [3.8, 4) is 0 Å². The van der Waals surface area contributed by atoms with Gasteiger partial charge in [-0.3, -0.25) is 4.79 Å². The van der Waals surface area contributed by atoms with Crippen molar-refractivity contribution in [2.24, 2.45) is 0 Å². The first-order valence-corrected chi connectivity index (χ1v) is 6.91. The second-order valence-corrected chi connectivity index (χ2v) is 5.70. The zero-order chi connectivity index (χ0) is 14.0. The molecule has 1 aromatic carbocycles. The number of amides is 1. The molecule has 4 nitrogen and oxygen atoms in total. The summed E-state index contributed by atoms with van der Waals surface area (Å²) in [6.07, 6.45) is 2.28. The summed E-state index contributed by atoms with van der Waals surface area (Å²) in [6, 6.07) is 5.53. The fraction of sp³-hybridized carbons (Fsp3) is 0.533. The summed E-state index contributed by atoms with van der Waals surface area (Å²) in [5.41, 5.74) is 8.34. The highest BCUT2D eigenvalue weighted by molar-refractivity contribution is 6.00. The molecule has 0 spiro atoms. The number of carbonyl (C=O) groups is 1. The minimum atomic E-state index is -0.0276. The second kappa shape index (κ2) is 5.11. The molecule has 0 atom stereocenters. The lowest BCUT2D eigenvalue weighted by Gasteiger charge is -2.35. The number of carbonyl (C=O) groups excluding carboxylic acids is 1. The molecular weight excluding hydrogens is 238 g/mol. The Morgan fingerprint density at radius 1 is 1.47 bits per heavy atom. The van der Waals surface area contributed by atoms with Gasteiger partial charge in [-0.15, -0.1) is 0 Å². The van der Waals surface area contributed by atoms with Crippen LogP contribution >= 0.6 is 0 Å². The van der Waals surface area contributed by atoms with Crippen molar-refractivity contribution in [1.29, 1.82) is 0 Å². The Bertz CT molecular complexity index is 482. The van der Waals surface area contributed by atoms with Gasteiger partial charge in [-0.05, 0) is 51.8 Å². The van der Waals surface area contributed by atoms with E-state index >= 15 is 0 Å². The van der Waals surface area contributed by atoms with Crippen LogP contribution in [0.2, 0.25) is 0 Å². The molecule has 3 N–H and O–H groups in total. The zero-order valence-electron chi connectivity index (χ0n) is 12.0. The molecule has 1 heterocycles. The number of hydrogen-bond donors (Lipinski definition) is 2. The molecule has 1 saturated heterocycles. The molecule has 1 aliphatic heterocycles. The topological polar surface area (TPSA) is 58.4 Å². The third-order valence-electron chi connectivity index (χ3n) is 3.80. The predicted octanol–water partition coefficient (Wildman–Crippen LogP) is 2.40. The molecule has 1 aromatic rings. The summed E-state index contributed by atoms with van der Waals surface area (Å²) >= 11 is 0. The monoisotopic (exact) mass is 261 g/mol. The summed E-state index contributed by atoms with van der Waals surface area (Å²) < 4.78 is 0. The molecule has 0 aliphatic carbocycles. The van der Waals surface area contributed by atoms with Gasteiger partial charge in [0.05, 0.1) is 11.3 Å². The number of nitrogens with one attached hydrogen (secondary N) is 1. The van der Waals surface area contributed by atoms with Gasteiger partial charge >= 0.3 is 0 Å². The fourth-order valence-corrected chi connectivity index (χ4v) is 2.77. The maximum absolute atomic E-state index is 12.2. The Morgan fingerprint density at radius 2 is 2.21 bits per heavy atom. The van der Waals surface area contributed by atoms with Gasteiger partial charge < -0.3 is 16.0 Å². The molecule has 1 aliphatic rings. The highest BCUT2D eigenvalue weighted by atomic mass is 16.1. The molecule has 0 radical (unpaired) electrons. The van der Waals surface area contributed by atoms with Crippen LogP contribution in [0.1, 0.15) is 44.0 Å². The van der Waals surface area contributed by atoms with E-state index in [1.165, 1.54) is 0 Å². The lowest BCUT2D eigenvalue weighted by atomic mass is 10.00. The number of rotatable bonds is 3. The fourth-order valence-electron chi connectivity index (χ4n) is 2.77. The van der Waals surface area contributed by atoms with Gasteiger partial charge in [0.15, 0.2) is 0 Å². The van der Waals surface area contributed by atoms with Gasteiger partial charge in [0.1, 0.15) is 0 Å². The maximum atomic E-state index is 12.2. The summed E-state index contributed by atoms with van der Waals surface area (Å²) in [4.78, 5) is 14.5. The van der Waals surface area contributed by atoms with Crippen LogP contribution in [0, 0.1) is 0 Å². The predicted molar refractivity (Wildman–Crippen MR) is 79.5 cm³/mol. The van der Waals surface area contributed by atoms with E-state index in [-0.39, 0.29) is 11.4 Å². The average molecular weight is 261 g/mol. The van der Waals surface area contributed by atoms with Crippen LogP contribution in [0.25, 0.3) is 0 Å². The molecule has 0 bridgehead atoms. The normalized spacial score (nSPS) is 17.5. The van der Waals surface area contributed by atoms with Crippen molar-refractivity contribution in [2.75, 3.05) is 23.7 Å². The molecule has 1 fully saturated rings. The van der Waals surface area contributed by atoms with E-state index in [0.29, 0.717) is 17.8 Å². The Morgan fingerprint density at radius 3 is 2.79 bits per heavy atom. The standard InChI is InChI=1S/C15H23N3O/c1-4-17-14(19)12-7-6-11(16)10-13(12)18-9-5-8-15(18,2)3/h6-7,10H,4-5,8-9,16H2,1-3H3,(H,17,19). The van der Waals surface area contributed by atoms with Crippen molar-refractivity contribution in [3.05, 3.63) is 23.8 Å². The lowest BCUT2D eigenvalue weighted by Crippen LogP contribution is -2.39. The van der Waals surface area contributed by atoms with Crippen LogP contribution in [0.3, 0.4) is 0 Å². The zero-order valence-corrected chi connectivity index (χ0v) is 12.0. The Balaban J connectivity index is 2.43. The van der Waals surface area contributed by atoms with Gasteiger partial charge in [-0.25, -0.2) is 0 Å². The van der Waals surface area contributed by atoms with Crippen LogP contribution in [-0.4, -0.2) is 24.5 Å². The van der Waals surface area contributed by atoms with Gasteiger partial charge in [-0.1, -0.05) is 0 Å². The summed E-state index contributed by atoms with van der Waals surface area (Å²) in [5.74, 6) is -0.0276. The van der Waals surface area contributed by atoms with E-state index in [2.05, 4.69) is 24.1 Å². The van der Waals surface area contributed by atoms with Gasteiger partial charge in [0, 0.05) is 24.3 Å². The first-order chi connectivity index (χ1) is 8.95. The summed E-state index contributed by atoms with van der Waals surface area (Å²) in [6.45, 7) is 7.96. The highest BCUT2D eigenvalue weighted by Crippen LogP contribution is 2.36. The average Bonchev–Trinajstić information content (AvgIpc) is 2.69. The molecule has 19 heavy (non-hydrogen) atoms. The van der Waals surface area contributed by atoms with Crippen molar-refractivity contribution >= 4 is 17.3 Å². The summed E-state index contributed by atoms with van der Waals surface area (Å²) in [7, 11) is 0. The maximum Gasteiger partial charge on any atom is 0.253 e. The molecule has 0 unspecified atom stereocenters. The molecule has 1 amide bonds. The third-order valence-corrected chi connectivity index (χ3v) is 3.80. The second-order valence-electron chi connectivity index (χ2n) is 5.70. The van der Waals surface area contributed by atoms with Crippen molar-refractivity contribution in [2.45, 2.75) is 39.2 Å². The molecule has 4 heteroatoms. The van der Waals surface area contributed by atoms with Crippen molar-refractivity contribution in [3.63, 3.8) is 0 Å². The molecule has 0 aromatic heterocycles. The van der Waals surface area contributed by atoms with Gasteiger partial charge in [0.25, 0.3) is 5.91 Å². The number of anilines is 2. The van der Waals surface area contributed by atoms with Gasteiger partial charge in [0.2, 0.25) is 0 Å². The number of nitrogens with two attached hydrogens (primary N) is 1. The number of nitrogen functional groups attached to an aromatic ring is 1. The molecule has 2 rings (SSSR count). The molecule has 104 valence electrons. The van der Waals surface area contributed by atoms with E-state index in [4.69, 9.17) is 5.73 Å². The minimum Gasteiger partial charge on any atom is -0.399 e. The van der Waals surface area contributed by atoms with Gasteiger partial charge in [-0.2, -0.15) is 0 Å². The smallest absolute Gasteiger partial charge is 0.253 e. The highest BCUT2D eigenvalue weighted by Gasteiger charge is 2.34.